The maximum absolute atomic E-state index is 13.4. The van der Waals surface area contributed by atoms with Gasteiger partial charge >= 0.3 is 0 Å². The van der Waals surface area contributed by atoms with Gasteiger partial charge in [-0.05, 0) is 12.1 Å². The van der Waals surface area contributed by atoms with Crippen molar-refractivity contribution in [3.63, 3.8) is 0 Å². The predicted molar refractivity (Wildman–Crippen MR) is 63.6 cm³/mol. The first kappa shape index (κ1) is 13.4. The SMILES string of the molecule is NCc1cn[nH]c1S(=O)(=O)Nc1cccc(F)c1F. The minimum atomic E-state index is -4.11. The number of nitrogens with two attached hydrogens (primary N) is 1. The van der Waals surface area contributed by atoms with Gasteiger partial charge in [0.1, 0.15) is 0 Å². The topological polar surface area (TPSA) is 101 Å². The molecule has 1 aromatic carbocycles. The monoisotopic (exact) mass is 288 g/mol. The average Bonchev–Trinajstić information content (AvgIpc) is 2.84. The van der Waals surface area contributed by atoms with Crippen molar-refractivity contribution in [2.45, 2.75) is 11.6 Å². The average molecular weight is 288 g/mol. The zero-order chi connectivity index (χ0) is 14.0. The van der Waals surface area contributed by atoms with Crippen LogP contribution in [0, 0.1) is 11.6 Å². The van der Waals surface area contributed by atoms with Crippen LogP contribution in [0.5, 0.6) is 0 Å². The Balaban J connectivity index is 2.40. The molecule has 0 saturated carbocycles. The summed E-state index contributed by atoms with van der Waals surface area (Å²) in [4.78, 5) is 0. The third-order valence-electron chi connectivity index (χ3n) is 2.36. The van der Waals surface area contributed by atoms with Crippen LogP contribution < -0.4 is 10.5 Å². The van der Waals surface area contributed by atoms with Crippen LogP contribution in [0.1, 0.15) is 5.56 Å². The van der Waals surface area contributed by atoms with Crippen LogP contribution in [0.25, 0.3) is 0 Å². The lowest BCUT2D eigenvalue weighted by molar-refractivity contribution is 0.511. The van der Waals surface area contributed by atoms with Crippen molar-refractivity contribution in [3.8, 4) is 0 Å². The van der Waals surface area contributed by atoms with E-state index in [-0.39, 0.29) is 17.1 Å². The van der Waals surface area contributed by atoms with E-state index in [1.807, 2.05) is 4.72 Å². The first-order valence-corrected chi connectivity index (χ1v) is 6.63. The Bertz CT molecular complexity index is 699. The fourth-order valence-electron chi connectivity index (χ4n) is 1.46. The predicted octanol–water partition coefficient (Wildman–Crippen LogP) is 0.947. The van der Waals surface area contributed by atoms with Gasteiger partial charge in [0.25, 0.3) is 10.0 Å². The molecule has 1 heterocycles. The summed E-state index contributed by atoms with van der Waals surface area (Å²) >= 11 is 0. The summed E-state index contributed by atoms with van der Waals surface area (Å²) in [5.74, 6) is -2.43. The second-order valence-electron chi connectivity index (χ2n) is 3.64. The molecule has 0 radical (unpaired) electrons. The number of H-pyrrole nitrogens is 1. The lowest BCUT2D eigenvalue weighted by Gasteiger charge is -2.08. The molecule has 2 aromatic rings. The maximum atomic E-state index is 13.4. The summed E-state index contributed by atoms with van der Waals surface area (Å²) in [6.45, 7) is -0.0572. The van der Waals surface area contributed by atoms with Gasteiger partial charge in [0.05, 0.1) is 11.9 Å². The Morgan fingerprint density at radius 2 is 2.11 bits per heavy atom. The van der Waals surface area contributed by atoms with Crippen LogP contribution >= 0.6 is 0 Å². The Morgan fingerprint density at radius 1 is 1.37 bits per heavy atom. The van der Waals surface area contributed by atoms with Crippen molar-refractivity contribution in [1.29, 1.82) is 0 Å². The molecule has 0 atom stereocenters. The zero-order valence-corrected chi connectivity index (χ0v) is 10.3. The van der Waals surface area contributed by atoms with Gasteiger partial charge in [-0.3, -0.25) is 9.82 Å². The van der Waals surface area contributed by atoms with E-state index < -0.39 is 27.3 Å². The molecule has 19 heavy (non-hydrogen) atoms. The molecule has 0 unspecified atom stereocenters. The standard InChI is InChI=1S/C10H10F2N4O2S/c11-7-2-1-3-8(9(7)12)16-19(17,18)10-6(4-13)5-14-15-10/h1-3,5,16H,4,13H2,(H,14,15). The van der Waals surface area contributed by atoms with E-state index >= 15 is 0 Å². The van der Waals surface area contributed by atoms with Crippen LogP contribution in [-0.2, 0) is 16.6 Å². The van der Waals surface area contributed by atoms with Crippen LogP contribution in [0.3, 0.4) is 0 Å². The zero-order valence-electron chi connectivity index (χ0n) is 9.52. The second-order valence-corrected chi connectivity index (χ2v) is 5.25. The van der Waals surface area contributed by atoms with Gasteiger partial charge in [-0.1, -0.05) is 6.07 Å². The third-order valence-corrected chi connectivity index (χ3v) is 3.74. The van der Waals surface area contributed by atoms with E-state index in [0.29, 0.717) is 0 Å². The summed E-state index contributed by atoms with van der Waals surface area (Å²) in [5.41, 5.74) is 5.10. The Labute approximate surface area is 107 Å². The van der Waals surface area contributed by atoms with E-state index in [2.05, 4.69) is 10.2 Å². The summed E-state index contributed by atoms with van der Waals surface area (Å²) in [7, 11) is -4.11. The smallest absolute Gasteiger partial charge is 0.279 e. The van der Waals surface area contributed by atoms with Crippen molar-refractivity contribution in [2.75, 3.05) is 4.72 Å². The van der Waals surface area contributed by atoms with Gasteiger partial charge in [-0.2, -0.15) is 13.5 Å². The molecule has 9 heteroatoms. The number of nitrogens with one attached hydrogen (secondary N) is 2. The summed E-state index contributed by atoms with van der Waals surface area (Å²) < 4.78 is 52.3. The largest absolute Gasteiger partial charge is 0.326 e. The second kappa shape index (κ2) is 4.94. The van der Waals surface area contributed by atoms with Crippen molar-refractivity contribution in [3.05, 3.63) is 41.6 Å². The van der Waals surface area contributed by atoms with Crippen LogP contribution in [0.4, 0.5) is 14.5 Å². The first-order chi connectivity index (χ1) is 8.95. The molecular formula is C10H10F2N4O2S. The molecule has 0 saturated heterocycles. The molecule has 0 aliphatic carbocycles. The molecule has 2 rings (SSSR count). The van der Waals surface area contributed by atoms with Crippen molar-refractivity contribution >= 4 is 15.7 Å². The first-order valence-electron chi connectivity index (χ1n) is 5.15. The summed E-state index contributed by atoms with van der Waals surface area (Å²) in [6, 6.07) is 3.18. The van der Waals surface area contributed by atoms with E-state index in [0.717, 1.165) is 12.1 Å². The fourth-order valence-corrected chi connectivity index (χ4v) is 2.66. The van der Waals surface area contributed by atoms with E-state index in [1.165, 1.54) is 12.3 Å². The highest BCUT2D eigenvalue weighted by Gasteiger charge is 2.22. The highest BCUT2D eigenvalue weighted by atomic mass is 32.2. The normalized spacial score (nSPS) is 11.5. The molecule has 0 fully saturated rings. The highest BCUT2D eigenvalue weighted by molar-refractivity contribution is 7.92. The molecule has 0 spiro atoms. The Morgan fingerprint density at radius 3 is 2.79 bits per heavy atom. The Kier molecular flexibility index (Phi) is 3.49. The maximum Gasteiger partial charge on any atom is 0.279 e. The number of aromatic amines is 1. The quantitative estimate of drug-likeness (QED) is 0.779. The molecule has 4 N–H and O–H groups in total. The number of anilines is 1. The molecular weight excluding hydrogens is 278 g/mol. The molecule has 102 valence electrons. The van der Waals surface area contributed by atoms with Crippen LogP contribution in [-0.4, -0.2) is 18.6 Å². The van der Waals surface area contributed by atoms with E-state index in [4.69, 9.17) is 5.73 Å². The number of sulfonamides is 1. The van der Waals surface area contributed by atoms with Gasteiger partial charge in [-0.15, -0.1) is 0 Å². The van der Waals surface area contributed by atoms with E-state index in [1.54, 1.807) is 0 Å². The fraction of sp³-hybridized carbons (Fsp3) is 0.100. The van der Waals surface area contributed by atoms with Crippen molar-refractivity contribution < 1.29 is 17.2 Å². The lowest BCUT2D eigenvalue weighted by atomic mass is 10.3. The number of benzene rings is 1. The summed E-state index contributed by atoms with van der Waals surface area (Å²) in [5, 5.41) is 5.52. The summed E-state index contributed by atoms with van der Waals surface area (Å²) in [6.07, 6.45) is 1.25. The number of nitrogens with zero attached hydrogens (tertiary/aromatic N) is 1. The van der Waals surface area contributed by atoms with Gasteiger partial charge in [0.15, 0.2) is 16.7 Å². The number of hydrogen-bond acceptors (Lipinski definition) is 4. The molecule has 0 bridgehead atoms. The number of halogens is 2. The van der Waals surface area contributed by atoms with Gasteiger partial charge in [0, 0.05) is 12.1 Å². The molecule has 0 aliphatic rings. The van der Waals surface area contributed by atoms with Gasteiger partial charge in [0.2, 0.25) is 0 Å². The highest BCUT2D eigenvalue weighted by Crippen LogP contribution is 2.21. The molecule has 0 aliphatic heterocycles. The molecule has 1 aromatic heterocycles. The third kappa shape index (κ3) is 2.56. The molecule has 6 nitrogen and oxygen atoms in total. The van der Waals surface area contributed by atoms with Crippen molar-refractivity contribution in [2.24, 2.45) is 5.73 Å². The number of rotatable bonds is 4. The van der Waals surface area contributed by atoms with Crippen LogP contribution in [0.15, 0.2) is 29.4 Å². The lowest BCUT2D eigenvalue weighted by Crippen LogP contribution is -2.17. The van der Waals surface area contributed by atoms with Crippen molar-refractivity contribution in [1.82, 2.24) is 10.2 Å². The number of hydrogen-bond donors (Lipinski definition) is 3. The molecule has 0 amide bonds. The Hall–Kier alpha value is -2.00. The van der Waals surface area contributed by atoms with Gasteiger partial charge < -0.3 is 5.73 Å². The van der Waals surface area contributed by atoms with E-state index in [9.17, 15) is 17.2 Å². The minimum absolute atomic E-state index is 0.0572. The number of aromatic nitrogens is 2. The van der Waals surface area contributed by atoms with Gasteiger partial charge in [-0.25, -0.2) is 8.78 Å². The van der Waals surface area contributed by atoms with Crippen LogP contribution in [0.2, 0.25) is 0 Å². The minimum Gasteiger partial charge on any atom is -0.326 e.